The number of aryl methyl sites for hydroxylation is 1. The predicted octanol–water partition coefficient (Wildman–Crippen LogP) is 3.32. The molecule has 100 valence electrons. The Labute approximate surface area is 111 Å². The number of rotatable bonds is 6. The molecule has 0 aromatic heterocycles. The minimum atomic E-state index is 0.445. The van der Waals surface area contributed by atoms with Crippen LogP contribution in [0.2, 0.25) is 0 Å². The second-order valence-electron chi connectivity index (χ2n) is 5.47. The van der Waals surface area contributed by atoms with Gasteiger partial charge in [-0.3, -0.25) is 0 Å². The van der Waals surface area contributed by atoms with E-state index in [1.54, 1.807) is 0 Å². The van der Waals surface area contributed by atoms with Gasteiger partial charge in [-0.05, 0) is 36.8 Å². The van der Waals surface area contributed by atoms with E-state index >= 15 is 0 Å². The van der Waals surface area contributed by atoms with Crippen molar-refractivity contribution in [3.05, 3.63) is 35.4 Å². The van der Waals surface area contributed by atoms with Crippen LogP contribution >= 0.6 is 0 Å². The third-order valence-electron chi connectivity index (χ3n) is 3.85. The predicted molar refractivity (Wildman–Crippen MR) is 75.8 cm³/mol. The Bertz CT molecular complexity index is 375. The van der Waals surface area contributed by atoms with Gasteiger partial charge in [0.2, 0.25) is 0 Å². The van der Waals surface area contributed by atoms with Crippen molar-refractivity contribution >= 4 is 0 Å². The Morgan fingerprint density at radius 2 is 2.11 bits per heavy atom. The second kappa shape index (κ2) is 6.35. The highest BCUT2D eigenvalue weighted by Crippen LogP contribution is 2.31. The van der Waals surface area contributed by atoms with Crippen molar-refractivity contribution in [3.8, 4) is 0 Å². The van der Waals surface area contributed by atoms with Gasteiger partial charge < -0.3 is 10.1 Å². The van der Waals surface area contributed by atoms with Crippen LogP contribution in [-0.2, 0) is 11.2 Å². The fourth-order valence-electron chi connectivity index (χ4n) is 2.67. The number of fused-ring (bicyclic) bond motifs is 1. The van der Waals surface area contributed by atoms with Crippen molar-refractivity contribution in [1.29, 1.82) is 0 Å². The van der Waals surface area contributed by atoms with Crippen LogP contribution in [0.4, 0.5) is 0 Å². The average Bonchev–Trinajstić information content (AvgIpc) is 2.77. The Morgan fingerprint density at radius 3 is 2.83 bits per heavy atom. The Morgan fingerprint density at radius 1 is 1.33 bits per heavy atom. The summed E-state index contributed by atoms with van der Waals surface area (Å²) in [5.74, 6) is 0.601. The molecule has 0 saturated carbocycles. The van der Waals surface area contributed by atoms with E-state index in [1.807, 2.05) is 0 Å². The number of benzene rings is 1. The summed E-state index contributed by atoms with van der Waals surface area (Å²) >= 11 is 0. The molecule has 1 N–H and O–H groups in total. The van der Waals surface area contributed by atoms with Crippen LogP contribution in [0.25, 0.3) is 0 Å². The highest BCUT2D eigenvalue weighted by atomic mass is 16.5. The van der Waals surface area contributed by atoms with E-state index in [2.05, 4.69) is 50.4 Å². The number of hydrogen-bond donors (Lipinski definition) is 1. The first-order valence-corrected chi connectivity index (χ1v) is 7.14. The summed E-state index contributed by atoms with van der Waals surface area (Å²) in [4.78, 5) is 0. The van der Waals surface area contributed by atoms with E-state index in [1.165, 1.54) is 24.0 Å². The first-order chi connectivity index (χ1) is 8.72. The minimum absolute atomic E-state index is 0.445. The minimum Gasteiger partial charge on any atom is -0.380 e. The molecule has 1 aliphatic rings. The Hall–Kier alpha value is -0.860. The lowest BCUT2D eigenvalue weighted by Crippen LogP contribution is -2.39. The maximum absolute atomic E-state index is 5.59. The average molecular weight is 247 g/mol. The molecule has 2 heteroatoms. The molecule has 1 aliphatic carbocycles. The zero-order chi connectivity index (χ0) is 13.0. The normalized spacial score (nSPS) is 20.1. The van der Waals surface area contributed by atoms with Gasteiger partial charge in [-0.15, -0.1) is 0 Å². The first-order valence-electron chi connectivity index (χ1n) is 7.14. The molecular formula is C16H25NO. The lowest BCUT2D eigenvalue weighted by molar-refractivity contribution is 0.103. The third-order valence-corrected chi connectivity index (χ3v) is 3.85. The van der Waals surface area contributed by atoms with Crippen LogP contribution in [0.15, 0.2) is 24.3 Å². The summed E-state index contributed by atoms with van der Waals surface area (Å²) in [6.45, 7) is 8.19. The van der Waals surface area contributed by atoms with E-state index in [0.717, 1.165) is 13.2 Å². The first kappa shape index (κ1) is 13.6. The fourth-order valence-corrected chi connectivity index (χ4v) is 2.67. The van der Waals surface area contributed by atoms with Gasteiger partial charge in [0.25, 0.3) is 0 Å². The molecular weight excluding hydrogens is 222 g/mol. The maximum atomic E-state index is 5.59. The van der Waals surface area contributed by atoms with Gasteiger partial charge in [-0.25, -0.2) is 0 Å². The molecule has 0 bridgehead atoms. The fraction of sp³-hybridized carbons (Fsp3) is 0.625. The van der Waals surface area contributed by atoms with Crippen molar-refractivity contribution in [3.63, 3.8) is 0 Å². The van der Waals surface area contributed by atoms with Gasteiger partial charge in [0.05, 0.1) is 6.61 Å². The number of nitrogens with one attached hydrogen (secondary N) is 1. The Balaban J connectivity index is 2.00. The van der Waals surface area contributed by atoms with Crippen LogP contribution in [0.3, 0.4) is 0 Å². The summed E-state index contributed by atoms with van der Waals surface area (Å²) in [6, 6.07) is 9.75. The van der Waals surface area contributed by atoms with Gasteiger partial charge in [-0.1, -0.05) is 38.1 Å². The molecule has 2 nitrogen and oxygen atoms in total. The summed E-state index contributed by atoms with van der Waals surface area (Å²) < 4.78 is 5.59. The van der Waals surface area contributed by atoms with Crippen molar-refractivity contribution in [1.82, 2.24) is 5.32 Å². The molecule has 18 heavy (non-hydrogen) atoms. The van der Waals surface area contributed by atoms with Gasteiger partial charge in [-0.2, -0.15) is 0 Å². The smallest absolute Gasteiger partial charge is 0.0622 e. The monoisotopic (exact) mass is 247 g/mol. The van der Waals surface area contributed by atoms with Gasteiger partial charge in [0.15, 0.2) is 0 Å². The molecule has 2 atom stereocenters. The molecule has 0 amide bonds. The summed E-state index contributed by atoms with van der Waals surface area (Å²) in [6.07, 6.45) is 2.42. The number of ether oxygens (including phenoxy) is 1. The molecule has 0 spiro atoms. The van der Waals surface area contributed by atoms with Crippen LogP contribution in [0.1, 0.15) is 44.4 Å². The molecule has 1 aromatic carbocycles. The summed E-state index contributed by atoms with van der Waals surface area (Å²) in [7, 11) is 0. The van der Waals surface area contributed by atoms with Crippen LogP contribution < -0.4 is 5.32 Å². The van der Waals surface area contributed by atoms with Gasteiger partial charge >= 0.3 is 0 Å². The third kappa shape index (κ3) is 3.12. The molecule has 0 radical (unpaired) electrons. The zero-order valence-electron chi connectivity index (χ0n) is 11.8. The molecule has 0 fully saturated rings. The Kier molecular flexibility index (Phi) is 4.79. The standard InChI is InChI=1S/C16H25NO/c1-4-18-11-16(12(2)3)17-15-10-9-13-7-5-6-8-14(13)15/h5-8,12,15-17H,4,9-11H2,1-3H3. The quantitative estimate of drug-likeness (QED) is 0.832. The molecule has 0 aliphatic heterocycles. The lowest BCUT2D eigenvalue weighted by atomic mass is 10.0. The van der Waals surface area contributed by atoms with E-state index in [9.17, 15) is 0 Å². The van der Waals surface area contributed by atoms with E-state index in [0.29, 0.717) is 18.0 Å². The SMILES string of the molecule is CCOCC(NC1CCc2ccccc21)C(C)C. The maximum Gasteiger partial charge on any atom is 0.0622 e. The largest absolute Gasteiger partial charge is 0.380 e. The molecule has 2 unspecified atom stereocenters. The van der Waals surface area contributed by atoms with E-state index < -0.39 is 0 Å². The zero-order valence-corrected chi connectivity index (χ0v) is 11.8. The van der Waals surface area contributed by atoms with Crippen LogP contribution in [-0.4, -0.2) is 19.3 Å². The molecule has 2 rings (SSSR count). The van der Waals surface area contributed by atoms with Crippen LogP contribution in [0.5, 0.6) is 0 Å². The number of hydrogen-bond acceptors (Lipinski definition) is 2. The van der Waals surface area contributed by atoms with Crippen LogP contribution in [0, 0.1) is 5.92 Å². The highest BCUT2D eigenvalue weighted by Gasteiger charge is 2.25. The summed E-state index contributed by atoms with van der Waals surface area (Å²) in [5.41, 5.74) is 2.99. The van der Waals surface area contributed by atoms with E-state index in [-0.39, 0.29) is 0 Å². The van der Waals surface area contributed by atoms with Gasteiger partial charge in [0.1, 0.15) is 0 Å². The molecule has 0 saturated heterocycles. The lowest BCUT2D eigenvalue weighted by Gasteiger charge is -2.26. The second-order valence-corrected chi connectivity index (χ2v) is 5.47. The topological polar surface area (TPSA) is 21.3 Å². The van der Waals surface area contributed by atoms with Crippen molar-refractivity contribution in [2.45, 2.75) is 45.7 Å². The summed E-state index contributed by atoms with van der Waals surface area (Å²) in [5, 5.41) is 3.78. The van der Waals surface area contributed by atoms with Crippen molar-refractivity contribution < 1.29 is 4.74 Å². The van der Waals surface area contributed by atoms with Crippen molar-refractivity contribution in [2.75, 3.05) is 13.2 Å². The van der Waals surface area contributed by atoms with E-state index in [4.69, 9.17) is 4.74 Å². The van der Waals surface area contributed by atoms with Gasteiger partial charge in [0, 0.05) is 18.7 Å². The van der Waals surface area contributed by atoms with Crippen molar-refractivity contribution in [2.24, 2.45) is 5.92 Å². The highest BCUT2D eigenvalue weighted by molar-refractivity contribution is 5.34. The molecule has 0 heterocycles. The molecule has 1 aromatic rings.